The van der Waals surface area contributed by atoms with Crippen LogP contribution in [0.5, 0.6) is 5.75 Å². The first-order chi connectivity index (χ1) is 9.80. The molecule has 1 aliphatic rings. The van der Waals surface area contributed by atoms with Gasteiger partial charge in [-0.15, -0.1) is 0 Å². The van der Waals surface area contributed by atoms with Gasteiger partial charge in [-0.05, 0) is 50.8 Å². The molecule has 1 aromatic rings. The van der Waals surface area contributed by atoms with E-state index in [0.29, 0.717) is 29.8 Å². The maximum absolute atomic E-state index is 12.6. The number of hydrogen-bond acceptors (Lipinski definition) is 3. The summed E-state index contributed by atoms with van der Waals surface area (Å²) in [5.74, 6) is 0.908. The van der Waals surface area contributed by atoms with E-state index in [-0.39, 0.29) is 11.0 Å². The second-order valence-electron chi connectivity index (χ2n) is 5.87. The van der Waals surface area contributed by atoms with Gasteiger partial charge in [-0.2, -0.15) is 4.31 Å². The van der Waals surface area contributed by atoms with E-state index < -0.39 is 10.0 Å². The van der Waals surface area contributed by atoms with Gasteiger partial charge in [0.05, 0.1) is 16.0 Å². The third-order valence-electron chi connectivity index (χ3n) is 3.52. The monoisotopic (exact) mass is 331 g/mol. The maximum atomic E-state index is 12.6. The van der Waals surface area contributed by atoms with Crippen molar-refractivity contribution < 1.29 is 13.2 Å². The molecule has 4 nitrogen and oxygen atoms in total. The van der Waals surface area contributed by atoms with Gasteiger partial charge in [0.15, 0.2) is 0 Å². The van der Waals surface area contributed by atoms with Crippen LogP contribution in [0.4, 0.5) is 0 Å². The highest BCUT2D eigenvalue weighted by atomic mass is 35.5. The van der Waals surface area contributed by atoms with Gasteiger partial charge in [-0.25, -0.2) is 8.42 Å². The summed E-state index contributed by atoms with van der Waals surface area (Å²) in [5.41, 5.74) is 0. The Morgan fingerprint density at radius 3 is 2.67 bits per heavy atom. The molecule has 118 valence electrons. The highest BCUT2D eigenvalue weighted by molar-refractivity contribution is 7.89. The summed E-state index contributed by atoms with van der Waals surface area (Å²) in [6.07, 6.45) is 1.98. The van der Waals surface area contributed by atoms with E-state index in [1.807, 2.05) is 13.8 Å². The Labute approximate surface area is 132 Å². The SMILES string of the molecule is CC1CCCN(S(=O)(=O)c2ccc(OC(C)C)c(Cl)c2)C1. The van der Waals surface area contributed by atoms with E-state index in [1.165, 1.54) is 6.07 Å². The molecule has 1 unspecified atom stereocenters. The van der Waals surface area contributed by atoms with E-state index in [2.05, 4.69) is 6.92 Å². The summed E-state index contributed by atoms with van der Waals surface area (Å²) >= 11 is 6.14. The van der Waals surface area contributed by atoms with Gasteiger partial charge in [0, 0.05) is 13.1 Å². The first-order valence-corrected chi connectivity index (χ1v) is 9.09. The van der Waals surface area contributed by atoms with Crippen molar-refractivity contribution in [2.24, 2.45) is 5.92 Å². The van der Waals surface area contributed by atoms with Crippen LogP contribution in [0, 0.1) is 5.92 Å². The van der Waals surface area contributed by atoms with Crippen LogP contribution in [0.25, 0.3) is 0 Å². The molecule has 0 spiro atoms. The first kappa shape index (κ1) is 16.6. The Bertz CT molecular complexity index is 601. The van der Waals surface area contributed by atoms with Crippen molar-refractivity contribution in [3.63, 3.8) is 0 Å². The lowest BCUT2D eigenvalue weighted by atomic mass is 10.0. The van der Waals surface area contributed by atoms with E-state index in [9.17, 15) is 8.42 Å². The summed E-state index contributed by atoms with van der Waals surface area (Å²) < 4.78 is 32.4. The molecule has 0 amide bonds. The quantitative estimate of drug-likeness (QED) is 0.847. The van der Waals surface area contributed by atoms with Crippen molar-refractivity contribution in [1.82, 2.24) is 4.31 Å². The summed E-state index contributed by atoms with van der Waals surface area (Å²) in [6.45, 7) is 7.03. The molecule has 1 aromatic carbocycles. The lowest BCUT2D eigenvalue weighted by Gasteiger charge is -2.30. The van der Waals surface area contributed by atoms with Crippen LogP contribution < -0.4 is 4.74 Å². The Hall–Kier alpha value is -0.780. The fourth-order valence-electron chi connectivity index (χ4n) is 2.51. The van der Waals surface area contributed by atoms with E-state index in [0.717, 1.165) is 12.8 Å². The molecule has 1 atom stereocenters. The third kappa shape index (κ3) is 3.90. The zero-order valence-corrected chi connectivity index (χ0v) is 14.2. The Kier molecular flexibility index (Phi) is 5.17. The molecule has 0 radical (unpaired) electrons. The van der Waals surface area contributed by atoms with E-state index in [1.54, 1.807) is 16.4 Å². The molecule has 0 saturated carbocycles. The lowest BCUT2D eigenvalue weighted by Crippen LogP contribution is -2.39. The van der Waals surface area contributed by atoms with Crippen LogP contribution >= 0.6 is 11.6 Å². The average Bonchev–Trinajstić information content (AvgIpc) is 2.40. The van der Waals surface area contributed by atoms with Crippen LogP contribution in [0.1, 0.15) is 33.6 Å². The second-order valence-corrected chi connectivity index (χ2v) is 8.21. The number of piperidine rings is 1. The van der Waals surface area contributed by atoms with Gasteiger partial charge in [0.25, 0.3) is 0 Å². The third-order valence-corrected chi connectivity index (χ3v) is 5.68. The predicted octanol–water partition coefficient (Wildman–Crippen LogP) is 3.55. The molecule has 0 N–H and O–H groups in total. The molecular formula is C15H22ClNO3S. The summed E-state index contributed by atoms with van der Waals surface area (Å²) in [6, 6.07) is 4.68. The summed E-state index contributed by atoms with van der Waals surface area (Å²) in [7, 11) is -3.47. The van der Waals surface area contributed by atoms with Gasteiger partial charge >= 0.3 is 0 Å². The smallest absolute Gasteiger partial charge is 0.243 e. The fourth-order valence-corrected chi connectivity index (χ4v) is 4.42. The number of ether oxygens (including phenoxy) is 1. The van der Waals surface area contributed by atoms with E-state index >= 15 is 0 Å². The highest BCUT2D eigenvalue weighted by Crippen LogP contribution is 2.30. The number of benzene rings is 1. The predicted molar refractivity (Wildman–Crippen MR) is 84.4 cm³/mol. The number of sulfonamides is 1. The van der Waals surface area contributed by atoms with Gasteiger partial charge in [0.1, 0.15) is 5.75 Å². The van der Waals surface area contributed by atoms with Gasteiger partial charge in [0.2, 0.25) is 10.0 Å². The second kappa shape index (κ2) is 6.55. The minimum absolute atomic E-state index is 0.00657. The standard InChI is InChI=1S/C15H22ClNO3S/c1-11(2)20-15-7-6-13(9-14(15)16)21(18,19)17-8-4-5-12(3)10-17/h6-7,9,11-12H,4-5,8,10H2,1-3H3. The minimum Gasteiger partial charge on any atom is -0.489 e. The van der Waals surface area contributed by atoms with Crippen molar-refractivity contribution in [2.75, 3.05) is 13.1 Å². The van der Waals surface area contributed by atoms with Crippen molar-refractivity contribution in [3.8, 4) is 5.75 Å². The number of hydrogen-bond donors (Lipinski definition) is 0. The number of rotatable bonds is 4. The first-order valence-electron chi connectivity index (χ1n) is 7.27. The molecular weight excluding hydrogens is 310 g/mol. The van der Waals surface area contributed by atoms with Crippen LogP contribution in [0.15, 0.2) is 23.1 Å². The maximum Gasteiger partial charge on any atom is 0.243 e. The van der Waals surface area contributed by atoms with Gasteiger partial charge in [-0.1, -0.05) is 18.5 Å². The minimum atomic E-state index is -3.47. The zero-order chi connectivity index (χ0) is 15.6. The number of halogens is 1. The number of nitrogens with zero attached hydrogens (tertiary/aromatic N) is 1. The Morgan fingerprint density at radius 1 is 1.38 bits per heavy atom. The topological polar surface area (TPSA) is 46.6 Å². The molecule has 1 saturated heterocycles. The summed E-state index contributed by atoms with van der Waals surface area (Å²) in [5, 5.41) is 0.329. The van der Waals surface area contributed by atoms with Crippen LogP contribution in [-0.2, 0) is 10.0 Å². The van der Waals surface area contributed by atoms with E-state index in [4.69, 9.17) is 16.3 Å². The van der Waals surface area contributed by atoms with Crippen molar-refractivity contribution in [1.29, 1.82) is 0 Å². The molecule has 1 heterocycles. The molecule has 1 fully saturated rings. The van der Waals surface area contributed by atoms with Crippen LogP contribution in [0.2, 0.25) is 5.02 Å². The molecule has 0 bridgehead atoms. The Morgan fingerprint density at radius 2 is 2.10 bits per heavy atom. The molecule has 1 aliphatic heterocycles. The average molecular weight is 332 g/mol. The zero-order valence-electron chi connectivity index (χ0n) is 12.7. The normalized spacial score (nSPS) is 20.7. The van der Waals surface area contributed by atoms with Crippen molar-refractivity contribution in [3.05, 3.63) is 23.2 Å². The molecule has 2 rings (SSSR count). The van der Waals surface area contributed by atoms with Crippen molar-refractivity contribution in [2.45, 2.75) is 44.6 Å². The molecule has 0 aliphatic carbocycles. The largest absolute Gasteiger partial charge is 0.489 e. The molecule has 6 heteroatoms. The van der Waals surface area contributed by atoms with Gasteiger partial charge < -0.3 is 4.74 Å². The van der Waals surface area contributed by atoms with Crippen molar-refractivity contribution >= 4 is 21.6 Å². The summed E-state index contributed by atoms with van der Waals surface area (Å²) in [4.78, 5) is 0.234. The molecule has 0 aromatic heterocycles. The fraction of sp³-hybridized carbons (Fsp3) is 0.600. The Balaban J connectivity index is 2.26. The van der Waals surface area contributed by atoms with Crippen LogP contribution in [0.3, 0.4) is 0 Å². The highest BCUT2D eigenvalue weighted by Gasteiger charge is 2.29. The molecule has 21 heavy (non-hydrogen) atoms. The van der Waals surface area contributed by atoms with Crippen LogP contribution in [-0.4, -0.2) is 31.9 Å². The lowest BCUT2D eigenvalue weighted by molar-refractivity contribution is 0.242. The van der Waals surface area contributed by atoms with Gasteiger partial charge in [-0.3, -0.25) is 0 Å².